The van der Waals surface area contributed by atoms with Crippen LogP contribution in [0.2, 0.25) is 0 Å². The van der Waals surface area contributed by atoms with E-state index in [-0.39, 0.29) is 30.3 Å². The third-order valence-electron chi connectivity index (χ3n) is 6.96. The maximum Gasteiger partial charge on any atom is 0.348 e. The summed E-state index contributed by atoms with van der Waals surface area (Å²) in [7, 11) is 0. The monoisotopic (exact) mass is 600 g/mol. The topological polar surface area (TPSA) is 181 Å². The van der Waals surface area contributed by atoms with Crippen LogP contribution >= 0.6 is 0 Å². The Morgan fingerprint density at radius 3 is 2.02 bits per heavy atom. The fourth-order valence-corrected chi connectivity index (χ4v) is 5.04. The summed E-state index contributed by atoms with van der Waals surface area (Å²) < 4.78 is 32.3. The molecule has 6 atom stereocenters. The van der Waals surface area contributed by atoms with Crippen LogP contribution in [0.4, 0.5) is 0 Å². The number of aliphatic hydroxyl groups is 2. The summed E-state index contributed by atoms with van der Waals surface area (Å²) in [4.78, 5) is 61.4. The molecule has 2 rings (SSSR count). The highest BCUT2D eigenvalue weighted by Gasteiger charge is 2.70. The lowest BCUT2D eigenvalue weighted by Gasteiger charge is -2.43. The minimum Gasteiger partial charge on any atom is -0.463 e. The second kappa shape index (κ2) is 14.3. The van der Waals surface area contributed by atoms with Crippen molar-refractivity contribution in [3.8, 4) is 0 Å². The van der Waals surface area contributed by atoms with Crippen LogP contribution in [0.5, 0.6) is 0 Å². The average molecular weight is 601 g/mol. The number of hydrogen-bond acceptors (Lipinski definition) is 13. The maximum absolute atomic E-state index is 13.0. The molecule has 0 radical (unpaired) electrons. The summed E-state index contributed by atoms with van der Waals surface area (Å²) in [6.45, 7) is 11.5. The van der Waals surface area contributed by atoms with Gasteiger partial charge in [0.15, 0.2) is 0 Å². The molecule has 0 aromatic rings. The lowest BCUT2D eigenvalue weighted by Crippen LogP contribution is -2.59. The quantitative estimate of drug-likeness (QED) is 0.231. The SMILES string of the molecule is CC(=O)OC[C@@]1(O)C(OC(C)=O)CC2(O)C(COC(=O)C(OC(=O)CC(C)C)C(C)C)=COC(OC(=O)CC(C)C)C21. The molecule has 0 spiro atoms. The summed E-state index contributed by atoms with van der Waals surface area (Å²) in [5.74, 6) is -5.72. The molecule has 0 aromatic heterocycles. The number of esters is 5. The third-order valence-corrected chi connectivity index (χ3v) is 6.96. The van der Waals surface area contributed by atoms with E-state index in [0.717, 1.165) is 20.1 Å². The summed E-state index contributed by atoms with van der Waals surface area (Å²) >= 11 is 0. The second-order valence-corrected chi connectivity index (χ2v) is 12.1. The highest BCUT2D eigenvalue weighted by atomic mass is 16.7. The van der Waals surface area contributed by atoms with Gasteiger partial charge in [-0.05, 0) is 11.8 Å². The first-order valence-corrected chi connectivity index (χ1v) is 14.1. The van der Waals surface area contributed by atoms with Crippen molar-refractivity contribution in [3.63, 3.8) is 0 Å². The van der Waals surface area contributed by atoms with Gasteiger partial charge in [0.1, 0.15) is 36.4 Å². The molecular weight excluding hydrogens is 556 g/mol. The molecule has 0 saturated heterocycles. The molecule has 5 unspecified atom stereocenters. The molecule has 13 heteroatoms. The van der Waals surface area contributed by atoms with Crippen molar-refractivity contribution in [2.24, 2.45) is 23.7 Å². The molecule has 2 aliphatic rings. The van der Waals surface area contributed by atoms with Crippen molar-refractivity contribution in [2.45, 2.75) is 104 Å². The van der Waals surface area contributed by atoms with Gasteiger partial charge in [0.05, 0.1) is 6.26 Å². The van der Waals surface area contributed by atoms with Crippen molar-refractivity contribution < 1.29 is 62.6 Å². The lowest BCUT2D eigenvalue weighted by molar-refractivity contribution is -0.241. The normalized spacial score (nSPS) is 27.5. The van der Waals surface area contributed by atoms with Crippen molar-refractivity contribution in [2.75, 3.05) is 13.2 Å². The molecular formula is C29H44O13. The zero-order valence-corrected chi connectivity index (χ0v) is 25.5. The van der Waals surface area contributed by atoms with Gasteiger partial charge in [0.25, 0.3) is 6.29 Å². The number of carbonyl (C=O) groups is 5. The summed E-state index contributed by atoms with van der Waals surface area (Å²) in [6.07, 6.45) is -3.52. The molecule has 0 bridgehead atoms. The predicted octanol–water partition coefficient (Wildman–Crippen LogP) is 1.95. The summed E-state index contributed by atoms with van der Waals surface area (Å²) in [6, 6.07) is 0. The van der Waals surface area contributed by atoms with Gasteiger partial charge in [-0.2, -0.15) is 0 Å². The lowest BCUT2D eigenvalue weighted by atomic mass is 9.77. The second-order valence-electron chi connectivity index (χ2n) is 12.1. The van der Waals surface area contributed by atoms with Crippen LogP contribution in [0, 0.1) is 23.7 Å². The van der Waals surface area contributed by atoms with E-state index in [1.165, 1.54) is 0 Å². The van der Waals surface area contributed by atoms with Crippen LogP contribution in [0.25, 0.3) is 0 Å². The van der Waals surface area contributed by atoms with Crippen molar-refractivity contribution in [1.82, 2.24) is 0 Å². The van der Waals surface area contributed by atoms with Gasteiger partial charge >= 0.3 is 29.8 Å². The molecule has 1 saturated carbocycles. The van der Waals surface area contributed by atoms with Gasteiger partial charge in [0, 0.05) is 44.6 Å². The number of ether oxygens (including phenoxy) is 6. The van der Waals surface area contributed by atoms with Gasteiger partial charge in [-0.1, -0.05) is 41.5 Å². The van der Waals surface area contributed by atoms with Gasteiger partial charge in [-0.25, -0.2) is 4.79 Å². The highest BCUT2D eigenvalue weighted by molar-refractivity contribution is 5.80. The largest absolute Gasteiger partial charge is 0.463 e. The Kier molecular flexibility index (Phi) is 11.9. The average Bonchev–Trinajstić information content (AvgIpc) is 3.06. The predicted molar refractivity (Wildman–Crippen MR) is 144 cm³/mol. The molecule has 1 aliphatic carbocycles. The fourth-order valence-electron chi connectivity index (χ4n) is 5.04. The van der Waals surface area contributed by atoms with Gasteiger partial charge in [-0.15, -0.1) is 0 Å². The minimum absolute atomic E-state index is 0.00105. The smallest absolute Gasteiger partial charge is 0.348 e. The van der Waals surface area contributed by atoms with E-state index in [2.05, 4.69) is 0 Å². The molecule has 0 amide bonds. The highest BCUT2D eigenvalue weighted by Crippen LogP contribution is 2.53. The number of carbonyl (C=O) groups excluding carboxylic acids is 5. The fraction of sp³-hybridized carbons (Fsp3) is 0.759. The van der Waals surface area contributed by atoms with Crippen LogP contribution < -0.4 is 0 Å². The van der Waals surface area contributed by atoms with Crippen LogP contribution in [0.3, 0.4) is 0 Å². The van der Waals surface area contributed by atoms with E-state index >= 15 is 0 Å². The van der Waals surface area contributed by atoms with E-state index in [1.807, 2.05) is 13.8 Å². The summed E-state index contributed by atoms with van der Waals surface area (Å²) in [5, 5.41) is 23.8. The van der Waals surface area contributed by atoms with Crippen LogP contribution in [0.15, 0.2) is 11.8 Å². The van der Waals surface area contributed by atoms with Gasteiger partial charge < -0.3 is 38.6 Å². The zero-order valence-electron chi connectivity index (χ0n) is 25.5. The Morgan fingerprint density at radius 1 is 0.905 bits per heavy atom. The van der Waals surface area contributed by atoms with Gasteiger partial charge in [-0.3, -0.25) is 19.2 Å². The molecule has 2 N–H and O–H groups in total. The van der Waals surface area contributed by atoms with Crippen LogP contribution in [-0.2, 0) is 52.4 Å². The first kappa shape index (κ1) is 35.0. The third kappa shape index (κ3) is 8.66. The van der Waals surface area contributed by atoms with Crippen LogP contribution in [0.1, 0.15) is 74.7 Å². The number of hydrogen-bond donors (Lipinski definition) is 2. The van der Waals surface area contributed by atoms with Crippen LogP contribution in [-0.4, -0.2) is 83.0 Å². The minimum atomic E-state index is -2.27. The Bertz CT molecular complexity index is 1050. The molecule has 1 aliphatic heterocycles. The molecule has 1 fully saturated rings. The molecule has 238 valence electrons. The standard InChI is InChI=1S/C29H44O13/c1-15(2)9-22(32)41-24(17(5)6)26(34)37-12-20-13-38-27(42-23(33)10-16(3)4)25-28(20,35)11-21(40-19(8)31)29(25,36)14-39-18(7)30/h13,15-17,21,24-25,27,35-36H,9-12,14H2,1-8H3/t21?,24?,25?,27?,28?,29-/m1/s1. The Labute approximate surface area is 245 Å². The van der Waals surface area contributed by atoms with E-state index in [9.17, 15) is 34.2 Å². The van der Waals surface area contributed by atoms with Gasteiger partial charge in [0.2, 0.25) is 6.10 Å². The van der Waals surface area contributed by atoms with E-state index in [0.29, 0.717) is 0 Å². The summed E-state index contributed by atoms with van der Waals surface area (Å²) in [5.41, 5.74) is -4.44. The molecule has 13 nitrogen and oxygen atoms in total. The van der Waals surface area contributed by atoms with Crippen molar-refractivity contribution >= 4 is 29.8 Å². The first-order chi connectivity index (χ1) is 19.4. The number of fused-ring (bicyclic) bond motifs is 1. The zero-order chi connectivity index (χ0) is 32.0. The molecule has 0 aromatic carbocycles. The van der Waals surface area contributed by atoms with E-state index in [4.69, 9.17) is 28.4 Å². The van der Waals surface area contributed by atoms with E-state index < -0.39 is 91.0 Å². The molecule has 1 heterocycles. The van der Waals surface area contributed by atoms with Crippen molar-refractivity contribution in [1.29, 1.82) is 0 Å². The Hall–Kier alpha value is -3.19. The molecule has 42 heavy (non-hydrogen) atoms. The van der Waals surface area contributed by atoms with E-state index in [1.54, 1.807) is 27.7 Å². The number of rotatable bonds is 13. The maximum atomic E-state index is 13.0. The first-order valence-electron chi connectivity index (χ1n) is 14.1. The Balaban J connectivity index is 2.42. The van der Waals surface area contributed by atoms with Crippen molar-refractivity contribution in [3.05, 3.63) is 11.8 Å². The Morgan fingerprint density at radius 2 is 1.50 bits per heavy atom.